The van der Waals surface area contributed by atoms with Gasteiger partial charge in [-0.2, -0.15) is 4.98 Å². The number of hydrogen-bond donors (Lipinski definition) is 2. The predicted octanol–water partition coefficient (Wildman–Crippen LogP) is 3.24. The number of aromatic nitrogens is 2. The van der Waals surface area contributed by atoms with Gasteiger partial charge in [-0.25, -0.2) is 9.88 Å². The number of anilines is 2. The van der Waals surface area contributed by atoms with E-state index >= 15 is 0 Å². The first-order valence-corrected chi connectivity index (χ1v) is 10.7. The predicted molar refractivity (Wildman–Crippen MR) is 128 cm³/mol. The molecular formula is C23H35N5O5. The van der Waals surface area contributed by atoms with Crippen molar-refractivity contribution in [3.05, 3.63) is 28.8 Å². The summed E-state index contributed by atoms with van der Waals surface area (Å²) >= 11 is 0. The van der Waals surface area contributed by atoms with Gasteiger partial charge in [-0.1, -0.05) is 13.3 Å². The molecule has 0 bridgehead atoms. The van der Waals surface area contributed by atoms with Crippen molar-refractivity contribution >= 4 is 30.3 Å². The molecule has 182 valence electrons. The van der Waals surface area contributed by atoms with Crippen LogP contribution in [0.1, 0.15) is 54.4 Å². The van der Waals surface area contributed by atoms with Crippen LogP contribution in [0, 0.1) is 0 Å². The summed E-state index contributed by atoms with van der Waals surface area (Å²) in [7, 11) is 1.58. The van der Waals surface area contributed by atoms with Gasteiger partial charge in [0.15, 0.2) is 11.6 Å². The smallest absolute Gasteiger partial charge is 0.241 e. The number of carbonyl (C=O) groups is 2. The molecule has 0 saturated heterocycles. The number of nitrogens with zero attached hydrogens (tertiary/aromatic N) is 4. The Balaban J connectivity index is 3.40. The summed E-state index contributed by atoms with van der Waals surface area (Å²) < 4.78 is 11.4. The number of aliphatic hydroxyl groups excluding tert-OH is 1. The molecule has 1 heterocycles. The Hall–Kier alpha value is -3.27. The average Bonchev–Trinajstić information content (AvgIpc) is 2.74. The summed E-state index contributed by atoms with van der Waals surface area (Å²) in [5, 5.41) is 12.8. The van der Waals surface area contributed by atoms with Crippen LogP contribution >= 0.6 is 0 Å². The van der Waals surface area contributed by atoms with E-state index in [9.17, 15) is 14.7 Å². The molecular weight excluding hydrogens is 426 g/mol. The van der Waals surface area contributed by atoms with Crippen molar-refractivity contribution in [2.24, 2.45) is 4.99 Å². The van der Waals surface area contributed by atoms with Crippen LogP contribution < -0.4 is 15.0 Å². The first-order valence-electron chi connectivity index (χ1n) is 10.7. The number of methoxy groups -OCH3 is 1. The van der Waals surface area contributed by atoms with Crippen LogP contribution in [0.25, 0.3) is 0 Å². The third kappa shape index (κ3) is 7.67. The number of amides is 2. The quantitative estimate of drug-likeness (QED) is 0.276. The number of imide groups is 1. The Labute approximate surface area is 195 Å². The summed E-state index contributed by atoms with van der Waals surface area (Å²) in [6, 6.07) is -0.303. The van der Waals surface area contributed by atoms with Crippen molar-refractivity contribution < 1.29 is 24.2 Å². The Morgan fingerprint density at radius 3 is 2.33 bits per heavy atom. The molecule has 10 heteroatoms. The standard InChI is InChI=1S/C23H35N5O5/c1-9-10-18(12-29)26-22-20(11-25-23(27-22)28(16(5)30)17(6)31)33-13-19(24-7)15(4)21(32-8)14(2)3/h11,18,29H,7,9-10,12-13H2,1-6,8H3,(H,25,26,27)/b19-15-/t18-/m0/s1. The molecule has 0 radical (unpaired) electrons. The van der Waals surface area contributed by atoms with Gasteiger partial charge in [-0.15, -0.1) is 0 Å². The van der Waals surface area contributed by atoms with Crippen LogP contribution in [0.15, 0.2) is 33.8 Å². The third-order valence-electron chi connectivity index (χ3n) is 4.76. The van der Waals surface area contributed by atoms with Crippen molar-refractivity contribution in [3.8, 4) is 5.75 Å². The second-order valence-corrected chi connectivity index (χ2v) is 7.62. The largest absolute Gasteiger partial charge is 0.496 e. The number of aliphatic imine (C=N–C) groups is 1. The molecule has 1 aromatic rings. The summed E-state index contributed by atoms with van der Waals surface area (Å²) in [5.41, 5.74) is 2.31. The van der Waals surface area contributed by atoms with Gasteiger partial charge < -0.3 is 19.9 Å². The van der Waals surface area contributed by atoms with Gasteiger partial charge in [-0.3, -0.25) is 14.6 Å². The molecule has 1 rings (SSSR count). The summed E-state index contributed by atoms with van der Waals surface area (Å²) in [4.78, 5) is 37.3. The van der Waals surface area contributed by atoms with Crippen LogP contribution in [-0.4, -0.2) is 60.0 Å². The van der Waals surface area contributed by atoms with Crippen molar-refractivity contribution in [2.75, 3.05) is 30.5 Å². The van der Waals surface area contributed by atoms with Gasteiger partial charge >= 0.3 is 0 Å². The lowest BCUT2D eigenvalue weighted by atomic mass is 10.1. The summed E-state index contributed by atoms with van der Waals surface area (Å²) in [6.45, 7) is 13.8. The molecule has 0 fully saturated rings. The number of aliphatic hydroxyl groups is 1. The van der Waals surface area contributed by atoms with Crippen molar-refractivity contribution in [1.29, 1.82) is 0 Å². The second kappa shape index (κ2) is 13.3. The molecule has 0 unspecified atom stereocenters. The maximum absolute atomic E-state index is 11.9. The van der Waals surface area contributed by atoms with Gasteiger partial charge in [0.25, 0.3) is 0 Å². The van der Waals surface area contributed by atoms with E-state index in [1.54, 1.807) is 7.11 Å². The van der Waals surface area contributed by atoms with E-state index in [0.29, 0.717) is 17.9 Å². The van der Waals surface area contributed by atoms with E-state index in [-0.39, 0.29) is 36.8 Å². The highest BCUT2D eigenvalue weighted by atomic mass is 16.5. The third-order valence-corrected chi connectivity index (χ3v) is 4.76. The highest BCUT2D eigenvalue weighted by Crippen LogP contribution is 2.27. The molecule has 2 amide bonds. The molecule has 0 saturated carbocycles. The highest BCUT2D eigenvalue weighted by molar-refractivity contribution is 6.11. The number of rotatable bonds is 12. The van der Waals surface area contributed by atoms with Crippen molar-refractivity contribution in [3.63, 3.8) is 0 Å². The van der Waals surface area contributed by atoms with Crippen LogP contribution in [0.4, 0.5) is 11.8 Å². The van der Waals surface area contributed by atoms with Crippen LogP contribution in [0.2, 0.25) is 0 Å². The zero-order valence-electron chi connectivity index (χ0n) is 20.6. The van der Waals surface area contributed by atoms with E-state index in [1.807, 2.05) is 27.7 Å². The first-order chi connectivity index (χ1) is 15.6. The van der Waals surface area contributed by atoms with Gasteiger partial charge in [0, 0.05) is 19.4 Å². The SMILES string of the molecule is C=N/C(COc1cnc(N(C(C)=O)C(C)=O)nc1N[C@H](CO)CCC)=C(/C)C(OC)=C(C)C. The number of nitrogens with one attached hydrogen (secondary N) is 1. The van der Waals surface area contributed by atoms with Crippen LogP contribution in [0.5, 0.6) is 5.75 Å². The van der Waals surface area contributed by atoms with Crippen LogP contribution in [0.3, 0.4) is 0 Å². The fourth-order valence-corrected chi connectivity index (χ4v) is 3.21. The minimum atomic E-state index is -0.514. The maximum atomic E-state index is 11.9. The normalized spacial score (nSPS) is 12.2. The minimum absolute atomic E-state index is 0.0492. The second-order valence-electron chi connectivity index (χ2n) is 7.62. The molecule has 0 aliphatic carbocycles. The number of carbonyl (C=O) groups excluding carboxylic acids is 2. The average molecular weight is 462 g/mol. The zero-order valence-corrected chi connectivity index (χ0v) is 20.6. The van der Waals surface area contributed by atoms with E-state index in [0.717, 1.165) is 22.5 Å². The topological polar surface area (TPSA) is 126 Å². The van der Waals surface area contributed by atoms with E-state index in [2.05, 4.69) is 27.0 Å². The molecule has 0 spiro atoms. The van der Waals surface area contributed by atoms with Gasteiger partial charge in [0.2, 0.25) is 17.8 Å². The fourth-order valence-electron chi connectivity index (χ4n) is 3.21. The summed E-state index contributed by atoms with van der Waals surface area (Å²) in [6.07, 6.45) is 2.88. The molecule has 1 aromatic heterocycles. The van der Waals surface area contributed by atoms with E-state index in [1.165, 1.54) is 20.0 Å². The highest BCUT2D eigenvalue weighted by Gasteiger charge is 2.22. The maximum Gasteiger partial charge on any atom is 0.241 e. The lowest BCUT2D eigenvalue weighted by molar-refractivity contribution is -0.124. The van der Waals surface area contributed by atoms with Crippen molar-refractivity contribution in [1.82, 2.24) is 9.97 Å². The Morgan fingerprint density at radius 2 is 1.88 bits per heavy atom. The number of allylic oxidation sites excluding steroid dienone is 2. The molecule has 0 aliphatic rings. The summed E-state index contributed by atoms with van der Waals surface area (Å²) in [5.74, 6) is 0.0892. The van der Waals surface area contributed by atoms with Gasteiger partial charge in [-0.05, 0) is 39.5 Å². The van der Waals surface area contributed by atoms with Crippen LogP contribution in [-0.2, 0) is 14.3 Å². The number of ether oxygens (including phenoxy) is 2. The van der Waals surface area contributed by atoms with Gasteiger partial charge in [0.05, 0.1) is 31.7 Å². The molecule has 2 N–H and O–H groups in total. The molecule has 0 aliphatic heterocycles. The molecule has 0 aromatic carbocycles. The monoisotopic (exact) mass is 461 g/mol. The van der Waals surface area contributed by atoms with E-state index < -0.39 is 11.8 Å². The Morgan fingerprint density at radius 1 is 1.24 bits per heavy atom. The molecule has 33 heavy (non-hydrogen) atoms. The number of hydrogen-bond acceptors (Lipinski definition) is 9. The minimum Gasteiger partial charge on any atom is -0.496 e. The lowest BCUT2D eigenvalue weighted by Gasteiger charge is -2.21. The van der Waals surface area contributed by atoms with E-state index in [4.69, 9.17) is 9.47 Å². The Kier molecular flexibility index (Phi) is 11.2. The Bertz CT molecular complexity index is 908. The molecule has 1 atom stereocenters. The fraction of sp³-hybridized carbons (Fsp3) is 0.522. The lowest BCUT2D eigenvalue weighted by Crippen LogP contribution is -2.35. The van der Waals surface area contributed by atoms with Crippen molar-refractivity contribution in [2.45, 2.75) is 60.4 Å². The molecule has 10 nitrogen and oxygen atoms in total. The first kappa shape index (κ1) is 27.8. The zero-order chi connectivity index (χ0) is 25.1. The van der Waals surface area contributed by atoms with Gasteiger partial charge in [0.1, 0.15) is 12.4 Å².